The van der Waals surface area contributed by atoms with E-state index < -0.39 is 44.0 Å². The van der Waals surface area contributed by atoms with Crippen molar-refractivity contribution in [1.29, 1.82) is 0 Å². The molecule has 0 spiro atoms. The van der Waals surface area contributed by atoms with Crippen LogP contribution in [0.5, 0.6) is 5.88 Å². The summed E-state index contributed by atoms with van der Waals surface area (Å²) < 4.78 is 56.8. The summed E-state index contributed by atoms with van der Waals surface area (Å²) in [7, 11) is -4.53. The molecule has 39 heavy (non-hydrogen) atoms. The highest BCUT2D eigenvalue weighted by atomic mass is 32.2. The number of unbranched alkanes of at least 4 members (excludes halogenated alkanes) is 1. The summed E-state index contributed by atoms with van der Waals surface area (Å²) in [4.78, 5) is 20.7. The molecule has 0 saturated heterocycles. The molecule has 204 valence electrons. The molecule has 0 aliphatic carbocycles. The van der Waals surface area contributed by atoms with Crippen molar-refractivity contribution in [3.8, 4) is 17.0 Å². The number of halogens is 2. The predicted octanol–water partition coefficient (Wildman–Crippen LogP) is 5.77. The van der Waals surface area contributed by atoms with Crippen LogP contribution in [0.15, 0.2) is 75.2 Å². The number of pyridine rings is 1. The third-order valence-corrected chi connectivity index (χ3v) is 8.43. The summed E-state index contributed by atoms with van der Waals surface area (Å²) in [6.45, 7) is 5.34. The highest BCUT2D eigenvalue weighted by Crippen LogP contribution is 2.31. The Bertz CT molecular complexity index is 1670. The number of hydrogen-bond donors (Lipinski definition) is 1. The van der Waals surface area contributed by atoms with Gasteiger partial charge >= 0.3 is 0 Å². The van der Waals surface area contributed by atoms with Gasteiger partial charge in [0.05, 0.1) is 10.9 Å². The smallest absolute Gasteiger partial charge is 0.277 e. The van der Waals surface area contributed by atoms with E-state index in [1.165, 1.54) is 53.1 Å². The molecule has 0 saturated carbocycles. The first-order valence-electron chi connectivity index (χ1n) is 12.7. The molecule has 0 amide bonds. The Morgan fingerprint density at radius 2 is 1.67 bits per heavy atom. The summed E-state index contributed by atoms with van der Waals surface area (Å²) >= 11 is 0. The van der Waals surface area contributed by atoms with Crippen LogP contribution >= 0.6 is 0 Å². The van der Waals surface area contributed by atoms with Gasteiger partial charge in [0, 0.05) is 23.2 Å². The zero-order valence-corrected chi connectivity index (χ0v) is 22.7. The van der Waals surface area contributed by atoms with E-state index in [-0.39, 0.29) is 22.7 Å². The largest absolute Gasteiger partial charge is 0.492 e. The van der Waals surface area contributed by atoms with E-state index in [9.17, 15) is 27.1 Å². The maximum Gasteiger partial charge on any atom is 0.277 e. The first-order valence-corrected chi connectivity index (χ1v) is 14.2. The Hall–Kier alpha value is -3.92. The van der Waals surface area contributed by atoms with Gasteiger partial charge in [-0.05, 0) is 55.7 Å². The lowest BCUT2D eigenvalue weighted by Crippen LogP contribution is -2.34. The Labute approximate surface area is 225 Å². The minimum absolute atomic E-state index is 0.183. The lowest BCUT2D eigenvalue weighted by atomic mass is 10.0. The molecule has 4 rings (SSSR count). The molecule has 1 N–H and O–H groups in total. The molecular weight excluding hydrogens is 524 g/mol. The fraction of sp³-hybridized carbons (Fsp3) is 0.276. The highest BCUT2D eigenvalue weighted by Gasteiger charge is 2.32. The van der Waals surface area contributed by atoms with Gasteiger partial charge < -0.3 is 5.11 Å². The van der Waals surface area contributed by atoms with Crippen molar-refractivity contribution in [2.75, 3.05) is 0 Å². The van der Waals surface area contributed by atoms with E-state index in [4.69, 9.17) is 0 Å². The molecule has 4 aromatic rings. The summed E-state index contributed by atoms with van der Waals surface area (Å²) in [5.41, 5.74) is 0.897. The van der Waals surface area contributed by atoms with Crippen LogP contribution < -0.4 is 5.56 Å². The van der Waals surface area contributed by atoms with E-state index >= 15 is 0 Å². The molecule has 0 radical (unpaired) electrons. The van der Waals surface area contributed by atoms with Gasteiger partial charge in [0.15, 0.2) is 4.90 Å². The van der Waals surface area contributed by atoms with E-state index in [0.717, 1.165) is 6.42 Å². The van der Waals surface area contributed by atoms with Crippen molar-refractivity contribution in [3.05, 3.63) is 99.9 Å². The molecule has 0 bridgehead atoms. The minimum atomic E-state index is -4.53. The van der Waals surface area contributed by atoms with Crippen molar-refractivity contribution in [2.45, 2.75) is 62.3 Å². The molecule has 0 aliphatic heterocycles. The summed E-state index contributed by atoms with van der Waals surface area (Å²) in [5.74, 6) is -1.87. The van der Waals surface area contributed by atoms with Gasteiger partial charge in [-0.15, -0.1) is 0 Å². The number of aromatic hydroxyl groups is 1. The Morgan fingerprint density at radius 3 is 2.28 bits per heavy atom. The van der Waals surface area contributed by atoms with Crippen LogP contribution in [-0.2, 0) is 16.3 Å². The topological polar surface area (TPSA) is 102 Å². The van der Waals surface area contributed by atoms with Gasteiger partial charge in [0.2, 0.25) is 21.7 Å². The van der Waals surface area contributed by atoms with Crippen LogP contribution in [0.25, 0.3) is 11.1 Å². The number of sulfone groups is 1. The quantitative estimate of drug-likeness (QED) is 0.264. The summed E-state index contributed by atoms with van der Waals surface area (Å²) in [5, 5.41) is 10.7. The van der Waals surface area contributed by atoms with E-state index in [0.29, 0.717) is 29.7 Å². The number of aromatic nitrogens is 3. The SMILES string of the molecule is CCCCc1nc(O)c(S(=O)(=O)c2ccc(-c3ccc(F)nc3C)cc2)c(=O)n1C(CC)c1ccccc1F. The monoisotopic (exact) mass is 553 g/mol. The second-order valence-corrected chi connectivity index (χ2v) is 11.1. The maximum absolute atomic E-state index is 14.8. The Balaban J connectivity index is 1.87. The van der Waals surface area contributed by atoms with Crippen molar-refractivity contribution >= 4 is 9.84 Å². The first-order chi connectivity index (χ1) is 18.6. The Morgan fingerprint density at radius 1 is 0.974 bits per heavy atom. The third-order valence-electron chi connectivity index (χ3n) is 6.64. The van der Waals surface area contributed by atoms with Crippen LogP contribution in [0.1, 0.15) is 56.2 Å². The first kappa shape index (κ1) is 28.1. The van der Waals surface area contributed by atoms with Crippen LogP contribution in [0.4, 0.5) is 8.78 Å². The second kappa shape index (κ2) is 11.4. The van der Waals surface area contributed by atoms with Crippen molar-refractivity contribution < 1.29 is 22.3 Å². The molecule has 0 fully saturated rings. The standard InChI is InChI=1S/C29H29F2N3O4S/c1-4-6-11-26-33-28(35)27(29(36)34(26)24(5-2)22-9-7-8-10-23(22)30)39(37,38)20-14-12-19(13-15-20)21-16-17-25(31)32-18(21)3/h7-10,12-17,24,35H,4-6,11H2,1-3H3. The fourth-order valence-electron chi connectivity index (χ4n) is 4.67. The van der Waals surface area contributed by atoms with E-state index in [2.05, 4.69) is 9.97 Å². The molecule has 2 heterocycles. The van der Waals surface area contributed by atoms with Crippen LogP contribution in [0.2, 0.25) is 0 Å². The average Bonchev–Trinajstić information content (AvgIpc) is 2.90. The molecule has 1 unspecified atom stereocenters. The highest BCUT2D eigenvalue weighted by molar-refractivity contribution is 7.91. The number of rotatable bonds is 9. The molecule has 7 nitrogen and oxygen atoms in total. The van der Waals surface area contributed by atoms with Gasteiger partial charge in [0.1, 0.15) is 11.6 Å². The van der Waals surface area contributed by atoms with Crippen LogP contribution in [0, 0.1) is 18.7 Å². The molecule has 10 heteroatoms. The fourth-order valence-corrected chi connectivity index (χ4v) is 6.02. The zero-order chi connectivity index (χ0) is 28.3. The molecule has 1 atom stereocenters. The normalized spacial score (nSPS) is 12.4. The van der Waals surface area contributed by atoms with Gasteiger partial charge in [-0.2, -0.15) is 9.37 Å². The van der Waals surface area contributed by atoms with Gasteiger partial charge in [-0.3, -0.25) is 9.36 Å². The summed E-state index contributed by atoms with van der Waals surface area (Å²) in [6, 6.07) is 13.6. The molecular formula is C29H29F2N3O4S. The molecule has 2 aromatic carbocycles. The van der Waals surface area contributed by atoms with Gasteiger partial charge in [0.25, 0.3) is 5.56 Å². The number of benzene rings is 2. The number of hydrogen-bond acceptors (Lipinski definition) is 6. The molecule has 0 aliphatic rings. The van der Waals surface area contributed by atoms with E-state index in [1.807, 2.05) is 6.92 Å². The Kier molecular flexibility index (Phi) is 8.25. The van der Waals surface area contributed by atoms with Crippen molar-refractivity contribution in [3.63, 3.8) is 0 Å². The number of aryl methyl sites for hydroxylation is 2. The lowest BCUT2D eigenvalue weighted by Gasteiger charge is -2.23. The van der Waals surface area contributed by atoms with Crippen molar-refractivity contribution in [2.24, 2.45) is 0 Å². The minimum Gasteiger partial charge on any atom is -0.492 e. The predicted molar refractivity (Wildman–Crippen MR) is 143 cm³/mol. The van der Waals surface area contributed by atoms with Gasteiger partial charge in [-0.25, -0.2) is 17.8 Å². The summed E-state index contributed by atoms with van der Waals surface area (Å²) in [6.07, 6.45) is 1.98. The van der Waals surface area contributed by atoms with E-state index in [1.54, 1.807) is 26.0 Å². The maximum atomic E-state index is 14.8. The molecule has 2 aromatic heterocycles. The number of nitrogens with zero attached hydrogens (tertiary/aromatic N) is 3. The average molecular weight is 554 g/mol. The second-order valence-electron chi connectivity index (χ2n) is 9.20. The van der Waals surface area contributed by atoms with Crippen LogP contribution in [-0.4, -0.2) is 28.1 Å². The zero-order valence-electron chi connectivity index (χ0n) is 21.9. The lowest BCUT2D eigenvalue weighted by molar-refractivity contribution is 0.403. The third kappa shape index (κ3) is 5.47. The van der Waals surface area contributed by atoms with Crippen molar-refractivity contribution in [1.82, 2.24) is 14.5 Å². The van der Waals surface area contributed by atoms with Gasteiger partial charge in [-0.1, -0.05) is 50.6 Å². The van der Waals surface area contributed by atoms with Crippen LogP contribution in [0.3, 0.4) is 0 Å².